The zero-order valence-corrected chi connectivity index (χ0v) is 10.9. The summed E-state index contributed by atoms with van der Waals surface area (Å²) in [6.07, 6.45) is 7.09. The van der Waals surface area contributed by atoms with Crippen LogP contribution < -0.4 is 5.32 Å². The molecule has 1 aliphatic carbocycles. The Kier molecular flexibility index (Phi) is 3.49. The lowest BCUT2D eigenvalue weighted by Gasteiger charge is -2.22. The number of hydrogen-bond acceptors (Lipinski definition) is 1. The molecule has 3 rings (SSSR count). The van der Waals surface area contributed by atoms with Crippen molar-refractivity contribution in [3.05, 3.63) is 42.5 Å². The first-order chi connectivity index (χ1) is 8.92. The Morgan fingerprint density at radius 2 is 1.67 bits per heavy atom. The highest BCUT2D eigenvalue weighted by Gasteiger charge is 2.12. The van der Waals surface area contributed by atoms with E-state index in [1.807, 2.05) is 0 Å². The Morgan fingerprint density at radius 3 is 2.50 bits per heavy atom. The van der Waals surface area contributed by atoms with Crippen LogP contribution in [-0.4, -0.2) is 6.54 Å². The fraction of sp³-hybridized carbons (Fsp3) is 0.412. The lowest BCUT2D eigenvalue weighted by atomic mass is 9.89. The minimum Gasteiger partial charge on any atom is -0.385 e. The van der Waals surface area contributed by atoms with Gasteiger partial charge in [-0.2, -0.15) is 0 Å². The summed E-state index contributed by atoms with van der Waals surface area (Å²) in [6, 6.07) is 15.2. The van der Waals surface area contributed by atoms with E-state index >= 15 is 0 Å². The molecule has 94 valence electrons. The van der Waals surface area contributed by atoms with Gasteiger partial charge in [0.1, 0.15) is 0 Å². The Balaban J connectivity index is 1.66. The maximum atomic E-state index is 3.61. The summed E-state index contributed by atoms with van der Waals surface area (Å²) in [5.41, 5.74) is 1.26. The quantitative estimate of drug-likeness (QED) is 0.808. The third kappa shape index (κ3) is 2.66. The normalized spacial score (nSPS) is 16.9. The Morgan fingerprint density at radius 1 is 0.889 bits per heavy atom. The maximum Gasteiger partial charge on any atom is 0.0346 e. The van der Waals surface area contributed by atoms with Crippen molar-refractivity contribution in [2.45, 2.75) is 32.1 Å². The van der Waals surface area contributed by atoms with Gasteiger partial charge < -0.3 is 5.32 Å². The Bertz CT molecular complexity index is 512. The molecule has 1 fully saturated rings. The van der Waals surface area contributed by atoms with Gasteiger partial charge in [0, 0.05) is 12.2 Å². The van der Waals surface area contributed by atoms with Crippen LogP contribution in [0.3, 0.4) is 0 Å². The first-order valence-electron chi connectivity index (χ1n) is 7.14. The highest BCUT2D eigenvalue weighted by molar-refractivity contribution is 5.85. The van der Waals surface area contributed by atoms with Gasteiger partial charge in [0.05, 0.1) is 0 Å². The first kappa shape index (κ1) is 11.6. The molecule has 1 nitrogen and oxygen atoms in total. The number of nitrogens with one attached hydrogen (secondary N) is 1. The van der Waals surface area contributed by atoms with Crippen LogP contribution in [0.15, 0.2) is 42.5 Å². The first-order valence-corrected chi connectivity index (χ1v) is 7.14. The predicted molar refractivity (Wildman–Crippen MR) is 79.0 cm³/mol. The summed E-state index contributed by atoms with van der Waals surface area (Å²) in [6.45, 7) is 1.14. The summed E-state index contributed by atoms with van der Waals surface area (Å²) in [5.74, 6) is 0.880. The van der Waals surface area contributed by atoms with Crippen molar-refractivity contribution in [2.75, 3.05) is 11.9 Å². The van der Waals surface area contributed by atoms with Crippen LogP contribution in [0.5, 0.6) is 0 Å². The van der Waals surface area contributed by atoms with E-state index < -0.39 is 0 Å². The van der Waals surface area contributed by atoms with Gasteiger partial charge in [-0.05, 0) is 41.7 Å². The van der Waals surface area contributed by atoms with E-state index in [2.05, 4.69) is 47.8 Å². The molecule has 0 amide bonds. The van der Waals surface area contributed by atoms with E-state index in [0.717, 1.165) is 12.5 Å². The molecule has 18 heavy (non-hydrogen) atoms. The fourth-order valence-electron chi connectivity index (χ4n) is 2.95. The van der Waals surface area contributed by atoms with Crippen LogP contribution in [0.2, 0.25) is 0 Å². The lowest BCUT2D eigenvalue weighted by molar-refractivity contribution is 0.373. The predicted octanol–water partition coefficient (Wildman–Crippen LogP) is 4.83. The topological polar surface area (TPSA) is 12.0 Å². The van der Waals surface area contributed by atoms with E-state index in [9.17, 15) is 0 Å². The largest absolute Gasteiger partial charge is 0.385 e. The monoisotopic (exact) mass is 239 g/mol. The van der Waals surface area contributed by atoms with E-state index in [-0.39, 0.29) is 0 Å². The molecule has 2 aromatic carbocycles. The number of fused-ring (bicyclic) bond motifs is 1. The third-order valence-corrected chi connectivity index (χ3v) is 4.07. The van der Waals surface area contributed by atoms with Crippen LogP contribution in [0.25, 0.3) is 10.8 Å². The standard InChI is InChI=1S/C17H21N/c1-2-6-14(7-3-1)13-18-17-11-10-15-8-4-5-9-16(15)12-17/h4-5,8-12,14,18H,1-3,6-7,13H2. The van der Waals surface area contributed by atoms with Gasteiger partial charge in [-0.3, -0.25) is 0 Å². The summed E-state index contributed by atoms with van der Waals surface area (Å²) in [4.78, 5) is 0. The lowest BCUT2D eigenvalue weighted by Crippen LogP contribution is -2.16. The van der Waals surface area contributed by atoms with Gasteiger partial charge in [-0.25, -0.2) is 0 Å². The average Bonchev–Trinajstić information content (AvgIpc) is 2.46. The second-order valence-corrected chi connectivity index (χ2v) is 5.45. The molecule has 0 aliphatic heterocycles. The molecule has 1 N–H and O–H groups in total. The number of benzene rings is 2. The van der Waals surface area contributed by atoms with E-state index in [1.165, 1.54) is 48.6 Å². The fourth-order valence-corrected chi connectivity index (χ4v) is 2.95. The molecule has 1 saturated carbocycles. The molecule has 2 aromatic rings. The van der Waals surface area contributed by atoms with Gasteiger partial charge in [0.25, 0.3) is 0 Å². The summed E-state index contributed by atoms with van der Waals surface area (Å²) < 4.78 is 0. The van der Waals surface area contributed by atoms with Gasteiger partial charge in [-0.1, -0.05) is 49.6 Å². The zero-order chi connectivity index (χ0) is 12.2. The molecular formula is C17H21N. The second kappa shape index (κ2) is 5.43. The molecule has 1 aliphatic rings. The van der Waals surface area contributed by atoms with Gasteiger partial charge in [0.15, 0.2) is 0 Å². The van der Waals surface area contributed by atoms with Crippen molar-refractivity contribution >= 4 is 16.5 Å². The van der Waals surface area contributed by atoms with Crippen LogP contribution in [0, 0.1) is 5.92 Å². The van der Waals surface area contributed by atoms with Crippen molar-refractivity contribution in [2.24, 2.45) is 5.92 Å². The zero-order valence-electron chi connectivity index (χ0n) is 10.9. The van der Waals surface area contributed by atoms with E-state index in [1.54, 1.807) is 0 Å². The number of anilines is 1. The van der Waals surface area contributed by atoms with Crippen molar-refractivity contribution in [3.8, 4) is 0 Å². The summed E-state index contributed by atoms with van der Waals surface area (Å²) in [7, 11) is 0. The molecule has 0 saturated heterocycles. The number of hydrogen-bond donors (Lipinski definition) is 1. The average molecular weight is 239 g/mol. The van der Waals surface area contributed by atoms with Gasteiger partial charge >= 0.3 is 0 Å². The van der Waals surface area contributed by atoms with Crippen molar-refractivity contribution in [1.82, 2.24) is 0 Å². The van der Waals surface area contributed by atoms with Crippen LogP contribution in [-0.2, 0) is 0 Å². The van der Waals surface area contributed by atoms with E-state index in [4.69, 9.17) is 0 Å². The van der Waals surface area contributed by atoms with Crippen LogP contribution in [0.1, 0.15) is 32.1 Å². The second-order valence-electron chi connectivity index (χ2n) is 5.45. The molecule has 0 aromatic heterocycles. The van der Waals surface area contributed by atoms with Crippen LogP contribution >= 0.6 is 0 Å². The maximum absolute atomic E-state index is 3.61. The van der Waals surface area contributed by atoms with Crippen molar-refractivity contribution < 1.29 is 0 Å². The molecule has 0 spiro atoms. The molecular weight excluding hydrogens is 218 g/mol. The smallest absolute Gasteiger partial charge is 0.0346 e. The summed E-state index contributed by atoms with van der Waals surface area (Å²) in [5, 5.41) is 6.25. The molecule has 0 atom stereocenters. The number of rotatable bonds is 3. The van der Waals surface area contributed by atoms with Crippen LogP contribution in [0.4, 0.5) is 5.69 Å². The SMILES string of the molecule is c1ccc2cc(NCC3CCCCC3)ccc2c1. The van der Waals surface area contributed by atoms with Crippen molar-refractivity contribution in [1.29, 1.82) is 0 Å². The van der Waals surface area contributed by atoms with Gasteiger partial charge in [0.2, 0.25) is 0 Å². The third-order valence-electron chi connectivity index (χ3n) is 4.07. The molecule has 0 bridgehead atoms. The van der Waals surface area contributed by atoms with Crippen molar-refractivity contribution in [3.63, 3.8) is 0 Å². The molecule has 0 radical (unpaired) electrons. The highest BCUT2D eigenvalue weighted by Crippen LogP contribution is 2.25. The summed E-state index contributed by atoms with van der Waals surface area (Å²) >= 11 is 0. The molecule has 0 heterocycles. The highest BCUT2D eigenvalue weighted by atomic mass is 14.9. The molecule has 1 heteroatoms. The van der Waals surface area contributed by atoms with Gasteiger partial charge in [-0.15, -0.1) is 0 Å². The minimum absolute atomic E-state index is 0.880. The minimum atomic E-state index is 0.880. The molecule has 0 unspecified atom stereocenters. The Labute approximate surface area is 109 Å². The Hall–Kier alpha value is -1.50. The van der Waals surface area contributed by atoms with E-state index in [0.29, 0.717) is 0 Å².